The molecule has 1 aliphatic heterocycles. The van der Waals surface area contributed by atoms with E-state index in [0.717, 1.165) is 11.3 Å². The molecule has 7 nitrogen and oxygen atoms in total. The number of carbonyl (C=O) groups excluding carboxylic acids is 2. The van der Waals surface area contributed by atoms with E-state index in [0.29, 0.717) is 45.0 Å². The van der Waals surface area contributed by atoms with Crippen molar-refractivity contribution in [2.24, 2.45) is 5.92 Å². The van der Waals surface area contributed by atoms with Crippen LogP contribution in [0.4, 0.5) is 0 Å². The Morgan fingerprint density at radius 1 is 1.17 bits per heavy atom. The van der Waals surface area contributed by atoms with Gasteiger partial charge in [-0.15, -0.1) is 0 Å². The predicted molar refractivity (Wildman–Crippen MR) is 113 cm³/mol. The summed E-state index contributed by atoms with van der Waals surface area (Å²) in [5.74, 6) is 0.294. The Hall–Kier alpha value is -2.80. The van der Waals surface area contributed by atoms with Crippen LogP contribution in [0.3, 0.4) is 0 Å². The molecule has 0 N–H and O–H groups in total. The van der Waals surface area contributed by atoms with Crippen LogP contribution in [0.25, 0.3) is 0 Å². The number of rotatable bonds is 8. The molecule has 7 heteroatoms. The second-order valence-corrected chi connectivity index (χ2v) is 8.08. The van der Waals surface area contributed by atoms with E-state index < -0.39 is 0 Å². The lowest BCUT2D eigenvalue weighted by Crippen LogP contribution is -2.40. The molecule has 3 rings (SSSR count). The molecule has 1 fully saturated rings. The molecule has 1 atom stereocenters. The van der Waals surface area contributed by atoms with Crippen molar-refractivity contribution in [3.05, 3.63) is 60.2 Å². The topological polar surface area (TPSA) is 75.6 Å². The van der Waals surface area contributed by atoms with Gasteiger partial charge in [0, 0.05) is 44.6 Å². The SMILES string of the molecule is CC(C)CN1C[C@H](OCc2ccccn2)CN(C(=O)CCc2ccncc2)CC1=O. The van der Waals surface area contributed by atoms with E-state index in [1.807, 2.05) is 35.2 Å². The van der Waals surface area contributed by atoms with Crippen molar-refractivity contribution in [3.8, 4) is 0 Å². The first-order valence-electron chi connectivity index (χ1n) is 10.5. The van der Waals surface area contributed by atoms with Crippen molar-refractivity contribution < 1.29 is 14.3 Å². The van der Waals surface area contributed by atoms with Gasteiger partial charge < -0.3 is 14.5 Å². The van der Waals surface area contributed by atoms with E-state index in [2.05, 4.69) is 23.8 Å². The highest BCUT2D eigenvalue weighted by Gasteiger charge is 2.31. The standard InChI is InChI=1S/C23H30N4O3/c1-18(2)13-26-14-21(30-17-20-5-3-4-10-25-20)15-27(16-23(26)29)22(28)7-6-19-8-11-24-12-9-19/h3-5,8-12,18,21H,6-7,13-17H2,1-2H3/t21-/m0/s1. The summed E-state index contributed by atoms with van der Waals surface area (Å²) < 4.78 is 6.09. The Kier molecular flexibility index (Phi) is 7.90. The van der Waals surface area contributed by atoms with Gasteiger partial charge in [-0.3, -0.25) is 19.6 Å². The van der Waals surface area contributed by atoms with E-state index >= 15 is 0 Å². The Labute approximate surface area is 178 Å². The zero-order valence-corrected chi connectivity index (χ0v) is 17.7. The largest absolute Gasteiger partial charge is 0.368 e. The smallest absolute Gasteiger partial charge is 0.242 e. The van der Waals surface area contributed by atoms with Crippen LogP contribution in [-0.2, 0) is 27.4 Å². The maximum atomic E-state index is 12.9. The average Bonchev–Trinajstić information content (AvgIpc) is 2.90. The normalized spacial score (nSPS) is 17.3. The molecular weight excluding hydrogens is 380 g/mol. The Bertz CT molecular complexity index is 814. The third kappa shape index (κ3) is 6.62. The zero-order chi connectivity index (χ0) is 21.3. The van der Waals surface area contributed by atoms with E-state index in [9.17, 15) is 9.59 Å². The molecule has 0 bridgehead atoms. The minimum absolute atomic E-state index is 0.0232. The van der Waals surface area contributed by atoms with Crippen LogP contribution < -0.4 is 0 Å². The lowest BCUT2D eigenvalue weighted by Gasteiger charge is -2.25. The molecule has 1 saturated heterocycles. The van der Waals surface area contributed by atoms with Gasteiger partial charge in [-0.05, 0) is 42.2 Å². The van der Waals surface area contributed by atoms with Crippen LogP contribution in [0, 0.1) is 5.92 Å². The Balaban J connectivity index is 1.65. The molecule has 0 aliphatic carbocycles. The fourth-order valence-corrected chi connectivity index (χ4v) is 3.54. The maximum Gasteiger partial charge on any atom is 0.242 e. The molecule has 1 aliphatic rings. The molecule has 0 radical (unpaired) electrons. The third-order valence-electron chi connectivity index (χ3n) is 5.04. The first-order chi connectivity index (χ1) is 14.5. The number of hydrogen-bond acceptors (Lipinski definition) is 5. The highest BCUT2D eigenvalue weighted by atomic mass is 16.5. The number of ether oxygens (including phenoxy) is 1. The van der Waals surface area contributed by atoms with Gasteiger partial charge in [-0.25, -0.2) is 0 Å². The van der Waals surface area contributed by atoms with E-state index in [-0.39, 0.29) is 24.5 Å². The first-order valence-corrected chi connectivity index (χ1v) is 10.5. The van der Waals surface area contributed by atoms with Crippen LogP contribution >= 0.6 is 0 Å². The van der Waals surface area contributed by atoms with Gasteiger partial charge in [0.1, 0.15) is 0 Å². The Morgan fingerprint density at radius 3 is 2.67 bits per heavy atom. The van der Waals surface area contributed by atoms with E-state index in [1.54, 1.807) is 23.5 Å². The number of pyridine rings is 2. The van der Waals surface area contributed by atoms with Crippen LogP contribution in [0.1, 0.15) is 31.5 Å². The van der Waals surface area contributed by atoms with Gasteiger partial charge in [0.25, 0.3) is 0 Å². The summed E-state index contributed by atoms with van der Waals surface area (Å²) in [5.41, 5.74) is 1.89. The molecule has 0 saturated carbocycles. The third-order valence-corrected chi connectivity index (χ3v) is 5.04. The second-order valence-electron chi connectivity index (χ2n) is 8.08. The summed E-state index contributed by atoms with van der Waals surface area (Å²) in [4.78, 5) is 37.5. The van der Waals surface area contributed by atoms with Gasteiger partial charge >= 0.3 is 0 Å². The molecule has 0 unspecified atom stereocenters. The van der Waals surface area contributed by atoms with Crippen LogP contribution in [0.15, 0.2) is 48.9 Å². The number of carbonyl (C=O) groups is 2. The number of hydrogen-bond donors (Lipinski definition) is 0. The fourth-order valence-electron chi connectivity index (χ4n) is 3.54. The van der Waals surface area contributed by atoms with E-state index in [1.165, 1.54) is 0 Å². The summed E-state index contributed by atoms with van der Waals surface area (Å²) in [7, 11) is 0. The molecule has 2 aromatic rings. The molecule has 0 spiro atoms. The molecule has 3 heterocycles. The maximum absolute atomic E-state index is 12.9. The molecule has 160 valence electrons. The van der Waals surface area contributed by atoms with Crippen molar-refractivity contribution in [3.63, 3.8) is 0 Å². The van der Waals surface area contributed by atoms with Crippen LogP contribution in [0.2, 0.25) is 0 Å². The molecule has 0 aromatic carbocycles. The summed E-state index contributed by atoms with van der Waals surface area (Å²) in [5, 5.41) is 0. The zero-order valence-electron chi connectivity index (χ0n) is 17.7. The summed E-state index contributed by atoms with van der Waals surface area (Å²) in [6.45, 7) is 6.17. The highest BCUT2D eigenvalue weighted by molar-refractivity contribution is 5.85. The number of amides is 2. The van der Waals surface area contributed by atoms with Crippen molar-refractivity contribution in [2.75, 3.05) is 26.2 Å². The molecule has 30 heavy (non-hydrogen) atoms. The van der Waals surface area contributed by atoms with Gasteiger partial charge in [0.2, 0.25) is 11.8 Å². The average molecular weight is 411 g/mol. The predicted octanol–water partition coefficient (Wildman–Crippen LogP) is 2.32. The number of nitrogens with zero attached hydrogens (tertiary/aromatic N) is 4. The van der Waals surface area contributed by atoms with Gasteiger partial charge in [-0.1, -0.05) is 19.9 Å². The molecular formula is C23H30N4O3. The first kappa shape index (κ1) is 21.9. The lowest BCUT2D eigenvalue weighted by atomic mass is 10.1. The Morgan fingerprint density at radius 2 is 1.97 bits per heavy atom. The minimum atomic E-state index is -0.248. The van der Waals surface area contributed by atoms with E-state index in [4.69, 9.17) is 4.74 Å². The summed E-state index contributed by atoms with van der Waals surface area (Å²) in [6, 6.07) is 9.50. The van der Waals surface area contributed by atoms with Gasteiger partial charge in [0.05, 0.1) is 24.9 Å². The van der Waals surface area contributed by atoms with Crippen LogP contribution in [0.5, 0.6) is 0 Å². The van der Waals surface area contributed by atoms with Crippen molar-refractivity contribution in [1.82, 2.24) is 19.8 Å². The van der Waals surface area contributed by atoms with Crippen molar-refractivity contribution in [1.29, 1.82) is 0 Å². The van der Waals surface area contributed by atoms with Gasteiger partial charge in [0.15, 0.2) is 0 Å². The molecule has 2 amide bonds. The highest BCUT2D eigenvalue weighted by Crippen LogP contribution is 2.14. The molecule has 2 aromatic heterocycles. The van der Waals surface area contributed by atoms with Crippen molar-refractivity contribution >= 4 is 11.8 Å². The summed E-state index contributed by atoms with van der Waals surface area (Å²) >= 11 is 0. The summed E-state index contributed by atoms with van der Waals surface area (Å²) in [6.07, 6.45) is 5.91. The number of aromatic nitrogens is 2. The second kappa shape index (κ2) is 10.8. The van der Waals surface area contributed by atoms with Crippen molar-refractivity contribution in [2.45, 2.75) is 39.4 Å². The lowest BCUT2D eigenvalue weighted by molar-refractivity contribution is -0.139. The minimum Gasteiger partial charge on any atom is -0.368 e. The van der Waals surface area contributed by atoms with Crippen LogP contribution in [-0.4, -0.2) is 63.9 Å². The fraction of sp³-hybridized carbons (Fsp3) is 0.478. The quantitative estimate of drug-likeness (QED) is 0.668. The number of aryl methyl sites for hydroxylation is 1. The monoisotopic (exact) mass is 410 g/mol. The van der Waals surface area contributed by atoms with Gasteiger partial charge in [-0.2, -0.15) is 0 Å².